The first-order chi connectivity index (χ1) is 8.75. The molecule has 2 atom stereocenters. The van der Waals surface area contributed by atoms with Crippen molar-refractivity contribution < 1.29 is 19.8 Å². The Morgan fingerprint density at radius 3 is 2.47 bits per heavy atom. The van der Waals surface area contributed by atoms with E-state index < -0.39 is 21.3 Å². The van der Waals surface area contributed by atoms with Gasteiger partial charge in [-0.2, -0.15) is 0 Å². The summed E-state index contributed by atoms with van der Waals surface area (Å²) in [5.41, 5.74) is 2.59. The summed E-state index contributed by atoms with van der Waals surface area (Å²) < 4.78 is -0.588. The number of halogens is 1. The smallest absolute Gasteiger partial charge is 0.335 e. The summed E-state index contributed by atoms with van der Waals surface area (Å²) in [6.45, 7) is 3.63. The highest BCUT2D eigenvalue weighted by Gasteiger charge is 2.43. The highest BCUT2D eigenvalue weighted by Crippen LogP contribution is 2.48. The summed E-state index contributed by atoms with van der Waals surface area (Å²) in [7, 11) is 0. The van der Waals surface area contributed by atoms with Crippen LogP contribution in [0.3, 0.4) is 0 Å². The molecule has 5 heteroatoms. The molecule has 2 N–H and O–H groups in total. The standard InChI is InChI=1S/C14H13IO4/c1-7-5-9-6-8(12(16)17)3-4-10(9)14(2,15)11(7)13(18)19/h3-6,11H,1-2H3,(H,16,17)(H,18,19). The molecule has 1 aromatic carbocycles. The second-order valence-electron chi connectivity index (χ2n) is 4.84. The minimum absolute atomic E-state index is 0.212. The normalized spacial score (nSPS) is 25.4. The Kier molecular flexibility index (Phi) is 3.42. The van der Waals surface area contributed by atoms with E-state index in [1.165, 1.54) is 6.07 Å². The molecule has 0 amide bonds. The third-order valence-corrected chi connectivity index (χ3v) is 4.66. The van der Waals surface area contributed by atoms with Gasteiger partial charge in [0.25, 0.3) is 0 Å². The summed E-state index contributed by atoms with van der Waals surface area (Å²) in [4.78, 5) is 22.4. The average Bonchev–Trinajstić information content (AvgIpc) is 2.26. The number of aliphatic carboxylic acids is 1. The van der Waals surface area contributed by atoms with E-state index in [0.717, 1.165) is 16.7 Å². The van der Waals surface area contributed by atoms with Crippen LogP contribution in [-0.4, -0.2) is 22.2 Å². The number of alkyl halides is 1. The quantitative estimate of drug-likeness (QED) is 0.618. The molecule has 2 rings (SSSR count). The zero-order chi connectivity index (χ0) is 14.4. The van der Waals surface area contributed by atoms with E-state index in [0.29, 0.717) is 0 Å². The van der Waals surface area contributed by atoms with Crippen molar-refractivity contribution in [2.45, 2.75) is 17.3 Å². The fourth-order valence-corrected chi connectivity index (χ4v) is 3.85. The molecule has 2 unspecified atom stereocenters. The maximum atomic E-state index is 11.4. The number of aromatic carboxylic acids is 1. The lowest BCUT2D eigenvalue weighted by atomic mass is 9.76. The molecular formula is C14H13IO4. The second kappa shape index (κ2) is 4.63. The third-order valence-electron chi connectivity index (χ3n) is 3.45. The van der Waals surface area contributed by atoms with Crippen molar-refractivity contribution in [2.75, 3.05) is 0 Å². The van der Waals surface area contributed by atoms with Gasteiger partial charge in [0.15, 0.2) is 0 Å². The van der Waals surface area contributed by atoms with Crippen LogP contribution >= 0.6 is 22.6 Å². The molecule has 0 spiro atoms. The van der Waals surface area contributed by atoms with Crippen LogP contribution in [0, 0.1) is 5.92 Å². The maximum Gasteiger partial charge on any atom is 0.335 e. The number of rotatable bonds is 2. The molecule has 0 radical (unpaired) electrons. The zero-order valence-electron chi connectivity index (χ0n) is 10.5. The fraction of sp³-hybridized carbons (Fsp3) is 0.286. The van der Waals surface area contributed by atoms with Gasteiger partial charge in [-0.15, -0.1) is 0 Å². The number of hydrogen-bond donors (Lipinski definition) is 2. The number of carbonyl (C=O) groups is 2. The van der Waals surface area contributed by atoms with E-state index in [1.807, 2.05) is 6.92 Å². The Morgan fingerprint density at radius 1 is 1.32 bits per heavy atom. The molecule has 4 nitrogen and oxygen atoms in total. The van der Waals surface area contributed by atoms with Gasteiger partial charge in [0, 0.05) is 0 Å². The lowest BCUT2D eigenvalue weighted by Crippen LogP contribution is -2.35. The Hall–Kier alpha value is -1.37. The van der Waals surface area contributed by atoms with Crippen LogP contribution in [0.5, 0.6) is 0 Å². The van der Waals surface area contributed by atoms with Gasteiger partial charge in [-0.25, -0.2) is 4.79 Å². The van der Waals surface area contributed by atoms with E-state index in [1.54, 1.807) is 25.1 Å². The molecule has 1 aliphatic carbocycles. The van der Waals surface area contributed by atoms with Crippen LogP contribution in [-0.2, 0) is 8.22 Å². The molecule has 100 valence electrons. The summed E-state index contributed by atoms with van der Waals surface area (Å²) >= 11 is 2.13. The molecule has 1 aliphatic rings. The van der Waals surface area contributed by atoms with Crippen molar-refractivity contribution >= 4 is 40.6 Å². The number of carboxylic acids is 2. The van der Waals surface area contributed by atoms with Crippen LogP contribution < -0.4 is 0 Å². The molecule has 0 saturated carbocycles. The first-order valence-corrected chi connectivity index (χ1v) is 6.80. The Balaban J connectivity index is 2.65. The topological polar surface area (TPSA) is 74.6 Å². The van der Waals surface area contributed by atoms with E-state index in [4.69, 9.17) is 5.11 Å². The predicted molar refractivity (Wildman–Crippen MR) is 79.6 cm³/mol. The van der Waals surface area contributed by atoms with Crippen molar-refractivity contribution in [3.8, 4) is 0 Å². The van der Waals surface area contributed by atoms with Gasteiger partial charge in [-0.3, -0.25) is 4.79 Å². The van der Waals surface area contributed by atoms with E-state index in [-0.39, 0.29) is 5.56 Å². The molecule has 0 aromatic heterocycles. The van der Waals surface area contributed by atoms with Crippen LogP contribution in [0.4, 0.5) is 0 Å². The number of benzene rings is 1. The van der Waals surface area contributed by atoms with Crippen molar-refractivity contribution in [1.29, 1.82) is 0 Å². The number of carboxylic acid groups (broad SMARTS) is 2. The molecular weight excluding hydrogens is 359 g/mol. The number of fused-ring (bicyclic) bond motifs is 1. The Labute approximate surface area is 124 Å². The van der Waals surface area contributed by atoms with E-state index in [9.17, 15) is 14.7 Å². The molecule has 0 bridgehead atoms. The minimum atomic E-state index is -0.982. The molecule has 0 aliphatic heterocycles. The van der Waals surface area contributed by atoms with Crippen molar-refractivity contribution in [3.05, 3.63) is 40.5 Å². The van der Waals surface area contributed by atoms with Crippen molar-refractivity contribution in [1.82, 2.24) is 0 Å². The third kappa shape index (κ3) is 2.27. The van der Waals surface area contributed by atoms with Crippen LogP contribution in [0.25, 0.3) is 6.08 Å². The van der Waals surface area contributed by atoms with E-state index >= 15 is 0 Å². The van der Waals surface area contributed by atoms with Gasteiger partial charge in [-0.1, -0.05) is 40.3 Å². The first kappa shape index (κ1) is 14.0. The summed E-state index contributed by atoms with van der Waals surface area (Å²) in [5, 5.41) is 18.4. The summed E-state index contributed by atoms with van der Waals surface area (Å²) in [6.07, 6.45) is 1.76. The Bertz CT molecular complexity index is 601. The minimum Gasteiger partial charge on any atom is -0.481 e. The van der Waals surface area contributed by atoms with Crippen molar-refractivity contribution in [3.63, 3.8) is 0 Å². The van der Waals surface area contributed by atoms with Gasteiger partial charge in [0.2, 0.25) is 0 Å². The zero-order valence-corrected chi connectivity index (χ0v) is 12.6. The highest BCUT2D eigenvalue weighted by molar-refractivity contribution is 14.1. The summed E-state index contributed by atoms with van der Waals surface area (Å²) in [6, 6.07) is 4.83. The SMILES string of the molecule is CC1=Cc2cc(C(=O)O)ccc2C(C)(I)C1C(=O)O. The summed E-state index contributed by atoms with van der Waals surface area (Å²) in [5.74, 6) is -2.45. The molecule has 19 heavy (non-hydrogen) atoms. The van der Waals surface area contributed by atoms with E-state index in [2.05, 4.69) is 22.6 Å². The second-order valence-corrected chi connectivity index (χ2v) is 7.08. The van der Waals surface area contributed by atoms with Crippen molar-refractivity contribution in [2.24, 2.45) is 5.92 Å². The lowest BCUT2D eigenvalue weighted by Gasteiger charge is -2.35. The molecule has 0 fully saturated rings. The fourth-order valence-electron chi connectivity index (χ4n) is 2.60. The first-order valence-electron chi connectivity index (χ1n) is 5.73. The largest absolute Gasteiger partial charge is 0.481 e. The lowest BCUT2D eigenvalue weighted by molar-refractivity contribution is -0.141. The van der Waals surface area contributed by atoms with Crippen LogP contribution in [0.2, 0.25) is 0 Å². The maximum absolute atomic E-state index is 11.4. The predicted octanol–water partition coefficient (Wildman–Crippen LogP) is 3.15. The van der Waals surface area contributed by atoms with Crippen LogP contribution in [0.1, 0.15) is 35.3 Å². The number of hydrogen-bond acceptors (Lipinski definition) is 2. The average molecular weight is 372 g/mol. The van der Waals surface area contributed by atoms with Crippen LogP contribution in [0.15, 0.2) is 23.8 Å². The molecule has 0 saturated heterocycles. The van der Waals surface area contributed by atoms with Gasteiger partial charge >= 0.3 is 11.9 Å². The van der Waals surface area contributed by atoms with Gasteiger partial charge < -0.3 is 10.2 Å². The van der Waals surface area contributed by atoms with Gasteiger partial charge in [0.1, 0.15) is 0 Å². The Morgan fingerprint density at radius 2 is 1.95 bits per heavy atom. The van der Waals surface area contributed by atoms with Gasteiger partial charge in [0.05, 0.1) is 14.9 Å². The van der Waals surface area contributed by atoms with Gasteiger partial charge in [-0.05, 0) is 37.1 Å². The molecule has 0 heterocycles. The molecule has 1 aromatic rings. The monoisotopic (exact) mass is 372 g/mol. The highest BCUT2D eigenvalue weighted by atomic mass is 127.